The van der Waals surface area contributed by atoms with Crippen molar-refractivity contribution >= 4 is 11.9 Å². The van der Waals surface area contributed by atoms with Crippen LogP contribution in [0.25, 0.3) is 0 Å². The maximum absolute atomic E-state index is 12.1. The van der Waals surface area contributed by atoms with Gasteiger partial charge < -0.3 is 20.1 Å². The number of methoxy groups -OCH3 is 1. The minimum atomic E-state index is -1.18. The second-order valence-electron chi connectivity index (χ2n) is 4.89. The maximum atomic E-state index is 12.1. The van der Waals surface area contributed by atoms with E-state index >= 15 is 0 Å². The summed E-state index contributed by atoms with van der Waals surface area (Å²) in [7, 11) is 2.59. The molecule has 0 saturated heterocycles. The molecule has 21 heavy (non-hydrogen) atoms. The van der Waals surface area contributed by atoms with Gasteiger partial charge in [-0.2, -0.15) is 0 Å². The van der Waals surface area contributed by atoms with Crippen LogP contribution in [0.2, 0.25) is 0 Å². The number of H-pyrrole nitrogens is 1. The van der Waals surface area contributed by atoms with Crippen LogP contribution >= 0.6 is 0 Å². The molecule has 0 bridgehead atoms. The van der Waals surface area contributed by atoms with Crippen molar-refractivity contribution in [2.24, 2.45) is 7.05 Å². The molecular weight excluding hydrogens is 282 g/mol. The first kappa shape index (κ1) is 16.6. The number of amides is 1. The Kier molecular flexibility index (Phi) is 5.03. The summed E-state index contributed by atoms with van der Waals surface area (Å²) in [5.41, 5.74) is -2.89. The van der Waals surface area contributed by atoms with Crippen molar-refractivity contribution in [3.05, 3.63) is 32.6 Å². The molecule has 0 aliphatic carbocycles. The topological polar surface area (TPSA) is 130 Å². The third-order valence-electron chi connectivity index (χ3n) is 2.84. The van der Waals surface area contributed by atoms with E-state index in [1.54, 1.807) is 0 Å². The summed E-state index contributed by atoms with van der Waals surface area (Å²) in [6, 6.07) is 0. The van der Waals surface area contributed by atoms with E-state index in [9.17, 15) is 19.2 Å². The molecule has 3 N–H and O–H groups in total. The molecule has 0 saturated carbocycles. The number of ether oxygens (including phenoxy) is 1. The van der Waals surface area contributed by atoms with E-state index in [1.807, 2.05) is 0 Å². The van der Waals surface area contributed by atoms with Gasteiger partial charge in [0.05, 0.1) is 18.6 Å². The smallest absolute Gasteiger partial charge is 0.328 e. The average molecular weight is 299 g/mol. The molecule has 0 aliphatic rings. The average Bonchev–Trinajstić information content (AvgIpc) is 2.34. The van der Waals surface area contributed by atoms with Crippen molar-refractivity contribution in [2.75, 3.05) is 13.7 Å². The van der Waals surface area contributed by atoms with Crippen LogP contribution in [-0.4, -0.2) is 45.8 Å². The van der Waals surface area contributed by atoms with Gasteiger partial charge in [-0.15, -0.1) is 0 Å². The SMILES string of the molecule is COCC(C)(CC(=O)O)NC(=O)c1c[nH]c(=O)n(C)c1=O. The minimum Gasteiger partial charge on any atom is -0.481 e. The summed E-state index contributed by atoms with van der Waals surface area (Å²) in [5.74, 6) is -1.91. The highest BCUT2D eigenvalue weighted by Crippen LogP contribution is 2.11. The van der Waals surface area contributed by atoms with Gasteiger partial charge in [0, 0.05) is 20.4 Å². The Morgan fingerprint density at radius 1 is 1.48 bits per heavy atom. The molecule has 0 spiro atoms. The Labute approximate surface area is 119 Å². The first-order chi connectivity index (χ1) is 9.70. The molecule has 0 radical (unpaired) electrons. The number of aliphatic carboxylic acids is 1. The van der Waals surface area contributed by atoms with E-state index in [-0.39, 0.29) is 18.6 Å². The van der Waals surface area contributed by atoms with Gasteiger partial charge in [0.2, 0.25) is 0 Å². The number of nitrogens with one attached hydrogen (secondary N) is 2. The van der Waals surface area contributed by atoms with Crippen molar-refractivity contribution in [1.29, 1.82) is 0 Å². The van der Waals surface area contributed by atoms with E-state index in [4.69, 9.17) is 9.84 Å². The van der Waals surface area contributed by atoms with Crippen LogP contribution in [0.5, 0.6) is 0 Å². The molecule has 9 nitrogen and oxygen atoms in total. The second kappa shape index (κ2) is 6.35. The Bertz CT molecular complexity index is 662. The molecule has 1 aromatic rings. The zero-order chi connectivity index (χ0) is 16.2. The van der Waals surface area contributed by atoms with E-state index in [2.05, 4.69) is 10.3 Å². The molecule has 1 heterocycles. The van der Waals surface area contributed by atoms with Gasteiger partial charge in [0.1, 0.15) is 5.56 Å². The van der Waals surface area contributed by atoms with Crippen LogP contribution < -0.4 is 16.6 Å². The summed E-state index contributed by atoms with van der Waals surface area (Å²) in [5, 5.41) is 11.3. The molecule has 0 aliphatic heterocycles. The van der Waals surface area contributed by atoms with E-state index < -0.39 is 28.7 Å². The van der Waals surface area contributed by atoms with Crippen molar-refractivity contribution < 1.29 is 19.4 Å². The normalized spacial score (nSPS) is 13.5. The Morgan fingerprint density at radius 3 is 2.62 bits per heavy atom. The van der Waals surface area contributed by atoms with Gasteiger partial charge in [-0.3, -0.25) is 19.0 Å². The van der Waals surface area contributed by atoms with Gasteiger partial charge in [0.25, 0.3) is 11.5 Å². The van der Waals surface area contributed by atoms with Crippen LogP contribution in [0.1, 0.15) is 23.7 Å². The zero-order valence-electron chi connectivity index (χ0n) is 11.9. The van der Waals surface area contributed by atoms with Gasteiger partial charge in [-0.25, -0.2) is 4.79 Å². The Hall–Kier alpha value is -2.42. The summed E-state index contributed by atoms with van der Waals surface area (Å²) >= 11 is 0. The van der Waals surface area contributed by atoms with Crippen LogP contribution in [0.15, 0.2) is 15.8 Å². The lowest BCUT2D eigenvalue weighted by atomic mass is 9.98. The van der Waals surface area contributed by atoms with Crippen molar-refractivity contribution in [3.63, 3.8) is 0 Å². The number of aromatic nitrogens is 2. The monoisotopic (exact) mass is 299 g/mol. The van der Waals surface area contributed by atoms with Gasteiger partial charge >= 0.3 is 11.7 Å². The summed E-state index contributed by atoms with van der Waals surface area (Å²) in [6.07, 6.45) is 0.615. The summed E-state index contributed by atoms with van der Waals surface area (Å²) < 4.78 is 5.65. The highest BCUT2D eigenvalue weighted by atomic mass is 16.5. The zero-order valence-corrected chi connectivity index (χ0v) is 11.9. The lowest BCUT2D eigenvalue weighted by Crippen LogP contribution is -2.52. The van der Waals surface area contributed by atoms with E-state index in [0.717, 1.165) is 10.8 Å². The van der Waals surface area contributed by atoms with Crippen LogP contribution in [0, 0.1) is 0 Å². The van der Waals surface area contributed by atoms with E-state index in [1.165, 1.54) is 21.1 Å². The molecular formula is C12H17N3O6. The van der Waals surface area contributed by atoms with Crippen LogP contribution in [0.4, 0.5) is 0 Å². The largest absolute Gasteiger partial charge is 0.481 e. The number of carbonyl (C=O) groups excluding carboxylic acids is 1. The molecule has 9 heteroatoms. The van der Waals surface area contributed by atoms with Crippen LogP contribution in [0.3, 0.4) is 0 Å². The standard InChI is InChI=1S/C12H17N3O6/c1-12(6-21-3,4-8(16)17)14-9(18)7-5-13-11(20)15(2)10(7)19/h5H,4,6H2,1-3H3,(H,13,20)(H,14,18)(H,16,17). The molecule has 1 rings (SSSR count). The quantitative estimate of drug-likeness (QED) is 0.597. The molecule has 116 valence electrons. The van der Waals surface area contributed by atoms with Crippen molar-refractivity contribution in [3.8, 4) is 0 Å². The number of carbonyl (C=O) groups is 2. The van der Waals surface area contributed by atoms with Crippen molar-refractivity contribution in [1.82, 2.24) is 14.9 Å². The Balaban J connectivity index is 3.08. The van der Waals surface area contributed by atoms with E-state index in [0.29, 0.717) is 0 Å². The fraction of sp³-hybridized carbons (Fsp3) is 0.500. The number of carboxylic acid groups (broad SMARTS) is 1. The fourth-order valence-electron chi connectivity index (χ4n) is 1.85. The van der Waals surface area contributed by atoms with Crippen molar-refractivity contribution in [2.45, 2.75) is 18.9 Å². The molecule has 1 unspecified atom stereocenters. The molecule has 0 aromatic carbocycles. The fourth-order valence-corrected chi connectivity index (χ4v) is 1.85. The highest BCUT2D eigenvalue weighted by Gasteiger charge is 2.30. The first-order valence-corrected chi connectivity index (χ1v) is 6.02. The first-order valence-electron chi connectivity index (χ1n) is 6.02. The third kappa shape index (κ3) is 4.02. The lowest BCUT2D eigenvalue weighted by molar-refractivity contribution is -0.139. The molecule has 1 amide bonds. The summed E-state index contributed by atoms with van der Waals surface area (Å²) in [4.78, 5) is 48.3. The van der Waals surface area contributed by atoms with Gasteiger partial charge in [0.15, 0.2) is 0 Å². The molecule has 0 fully saturated rings. The number of aromatic amines is 1. The highest BCUT2D eigenvalue weighted by molar-refractivity contribution is 5.94. The van der Waals surface area contributed by atoms with Gasteiger partial charge in [-0.1, -0.05) is 0 Å². The number of nitrogens with zero attached hydrogens (tertiary/aromatic N) is 1. The predicted octanol–water partition coefficient (Wildman–Crippen LogP) is -1.32. The second-order valence-corrected chi connectivity index (χ2v) is 4.89. The predicted molar refractivity (Wildman–Crippen MR) is 72.3 cm³/mol. The van der Waals surface area contributed by atoms with Gasteiger partial charge in [-0.05, 0) is 6.92 Å². The Morgan fingerprint density at radius 2 is 2.10 bits per heavy atom. The lowest BCUT2D eigenvalue weighted by Gasteiger charge is -2.28. The maximum Gasteiger partial charge on any atom is 0.328 e. The summed E-state index contributed by atoms with van der Waals surface area (Å²) in [6.45, 7) is 1.44. The number of hydrogen-bond donors (Lipinski definition) is 3. The molecule has 1 atom stereocenters. The third-order valence-corrected chi connectivity index (χ3v) is 2.84. The minimum absolute atomic E-state index is 0.0469. The number of hydrogen-bond acceptors (Lipinski definition) is 5. The number of rotatable bonds is 6. The number of carboxylic acids is 1. The molecule has 1 aromatic heterocycles. The van der Waals surface area contributed by atoms with Crippen LogP contribution in [-0.2, 0) is 16.6 Å².